The molecule has 162 valence electrons. The highest BCUT2D eigenvalue weighted by atomic mass is 35.5. The highest BCUT2D eigenvalue weighted by Gasteiger charge is 2.25. The second-order valence-corrected chi connectivity index (χ2v) is 8.68. The molecule has 5 nitrogen and oxygen atoms in total. The quantitative estimate of drug-likeness (QED) is 0.575. The van der Waals surface area contributed by atoms with E-state index < -0.39 is 6.10 Å². The van der Waals surface area contributed by atoms with Gasteiger partial charge in [0.05, 0.1) is 18.4 Å². The SMILES string of the molecule is CC(C)COC[C@@H](O)CN(Cc1cccc(Cl)c1)C[C@@H]1CC(c2ccccc2)=NO1. The molecule has 1 aliphatic rings. The Morgan fingerprint density at radius 3 is 2.70 bits per heavy atom. The molecule has 0 saturated carbocycles. The molecule has 0 amide bonds. The topological polar surface area (TPSA) is 54.3 Å². The van der Waals surface area contributed by atoms with Gasteiger partial charge in [0.25, 0.3) is 0 Å². The first-order chi connectivity index (χ1) is 14.5. The van der Waals surface area contributed by atoms with Crippen molar-refractivity contribution >= 4 is 17.3 Å². The first-order valence-electron chi connectivity index (χ1n) is 10.5. The van der Waals surface area contributed by atoms with Gasteiger partial charge in [-0.05, 0) is 29.2 Å². The molecule has 2 aromatic rings. The maximum absolute atomic E-state index is 10.5. The summed E-state index contributed by atoms with van der Waals surface area (Å²) in [5, 5.41) is 15.5. The van der Waals surface area contributed by atoms with Crippen LogP contribution in [-0.2, 0) is 16.1 Å². The summed E-state index contributed by atoms with van der Waals surface area (Å²) in [4.78, 5) is 7.90. The minimum absolute atomic E-state index is 0.0526. The maximum atomic E-state index is 10.5. The van der Waals surface area contributed by atoms with Crippen LogP contribution in [0.25, 0.3) is 0 Å². The van der Waals surface area contributed by atoms with Crippen molar-refractivity contribution in [2.75, 3.05) is 26.3 Å². The van der Waals surface area contributed by atoms with E-state index in [1.807, 2.05) is 54.6 Å². The zero-order valence-corrected chi connectivity index (χ0v) is 18.5. The van der Waals surface area contributed by atoms with Crippen molar-refractivity contribution in [2.24, 2.45) is 11.1 Å². The number of hydrogen-bond donors (Lipinski definition) is 1. The Bertz CT molecular complexity index is 813. The summed E-state index contributed by atoms with van der Waals surface area (Å²) in [6.45, 7) is 6.98. The summed E-state index contributed by atoms with van der Waals surface area (Å²) in [7, 11) is 0. The van der Waals surface area contributed by atoms with Crippen molar-refractivity contribution in [1.82, 2.24) is 4.90 Å². The fraction of sp³-hybridized carbons (Fsp3) is 0.458. The number of ether oxygens (including phenoxy) is 1. The van der Waals surface area contributed by atoms with Gasteiger partial charge in [-0.3, -0.25) is 4.90 Å². The third-order valence-electron chi connectivity index (χ3n) is 4.83. The van der Waals surface area contributed by atoms with Gasteiger partial charge >= 0.3 is 0 Å². The Hall–Kier alpha value is -1.92. The molecule has 1 aliphatic heterocycles. The number of hydrogen-bond acceptors (Lipinski definition) is 5. The molecule has 0 unspecified atom stereocenters. The van der Waals surface area contributed by atoms with E-state index in [1.165, 1.54) is 0 Å². The third kappa shape index (κ3) is 7.40. The lowest BCUT2D eigenvalue weighted by Crippen LogP contribution is -2.39. The number of rotatable bonds is 11. The summed E-state index contributed by atoms with van der Waals surface area (Å²) in [5.74, 6) is 0.445. The third-order valence-corrected chi connectivity index (χ3v) is 5.06. The number of aliphatic hydroxyl groups excluding tert-OH is 1. The summed E-state index contributed by atoms with van der Waals surface area (Å²) in [5.41, 5.74) is 3.15. The van der Waals surface area contributed by atoms with Crippen molar-refractivity contribution in [3.8, 4) is 0 Å². The van der Waals surface area contributed by atoms with Crippen LogP contribution in [0.2, 0.25) is 5.02 Å². The predicted molar refractivity (Wildman–Crippen MR) is 121 cm³/mol. The number of aliphatic hydroxyl groups is 1. The van der Waals surface area contributed by atoms with E-state index in [0.717, 1.165) is 23.3 Å². The Balaban J connectivity index is 1.59. The van der Waals surface area contributed by atoms with Crippen molar-refractivity contribution in [3.63, 3.8) is 0 Å². The molecule has 1 N–H and O–H groups in total. The van der Waals surface area contributed by atoms with Gasteiger partial charge in [0.15, 0.2) is 0 Å². The van der Waals surface area contributed by atoms with E-state index in [4.69, 9.17) is 21.2 Å². The van der Waals surface area contributed by atoms with Crippen LogP contribution >= 0.6 is 11.6 Å². The minimum atomic E-state index is -0.571. The zero-order chi connectivity index (χ0) is 21.3. The number of nitrogens with zero attached hydrogens (tertiary/aromatic N) is 2. The summed E-state index contributed by atoms with van der Waals surface area (Å²) >= 11 is 6.16. The van der Waals surface area contributed by atoms with Crippen molar-refractivity contribution in [2.45, 2.75) is 39.0 Å². The highest BCUT2D eigenvalue weighted by molar-refractivity contribution is 6.30. The fourth-order valence-corrected chi connectivity index (χ4v) is 3.72. The van der Waals surface area contributed by atoms with Gasteiger partial charge < -0.3 is 14.7 Å². The number of oxime groups is 1. The van der Waals surface area contributed by atoms with Gasteiger partial charge in [0.2, 0.25) is 0 Å². The molecule has 2 atom stereocenters. The average molecular weight is 431 g/mol. The van der Waals surface area contributed by atoms with E-state index in [1.54, 1.807) is 0 Å². The Morgan fingerprint density at radius 1 is 1.17 bits per heavy atom. The van der Waals surface area contributed by atoms with Gasteiger partial charge in [0.1, 0.15) is 6.10 Å². The molecule has 3 rings (SSSR count). The summed E-state index contributed by atoms with van der Waals surface area (Å²) < 4.78 is 5.62. The Kier molecular flexibility index (Phi) is 8.70. The van der Waals surface area contributed by atoms with Crippen LogP contribution in [0, 0.1) is 5.92 Å². The molecule has 1 heterocycles. The van der Waals surface area contributed by atoms with E-state index in [-0.39, 0.29) is 6.10 Å². The molecule has 0 aliphatic carbocycles. The monoisotopic (exact) mass is 430 g/mol. The lowest BCUT2D eigenvalue weighted by atomic mass is 10.0. The second-order valence-electron chi connectivity index (χ2n) is 8.24. The van der Waals surface area contributed by atoms with Crippen LogP contribution in [0.1, 0.15) is 31.4 Å². The fourth-order valence-electron chi connectivity index (χ4n) is 3.50. The normalized spacial score (nSPS) is 17.3. The molecular weight excluding hydrogens is 400 g/mol. The molecule has 0 radical (unpaired) electrons. The molecule has 2 aromatic carbocycles. The lowest BCUT2D eigenvalue weighted by molar-refractivity contribution is -0.00734. The highest BCUT2D eigenvalue weighted by Crippen LogP contribution is 2.19. The van der Waals surface area contributed by atoms with E-state index >= 15 is 0 Å². The average Bonchev–Trinajstić information content (AvgIpc) is 3.17. The molecule has 0 aromatic heterocycles. The Labute approximate surface area is 184 Å². The maximum Gasteiger partial charge on any atom is 0.145 e. The van der Waals surface area contributed by atoms with Crippen LogP contribution in [0.3, 0.4) is 0 Å². The molecule has 0 bridgehead atoms. The first-order valence-corrected chi connectivity index (χ1v) is 10.9. The lowest BCUT2D eigenvalue weighted by Gasteiger charge is -2.27. The molecule has 0 saturated heterocycles. The van der Waals surface area contributed by atoms with E-state index in [0.29, 0.717) is 43.8 Å². The van der Waals surface area contributed by atoms with Crippen LogP contribution in [0.4, 0.5) is 0 Å². The standard InChI is InChI=1S/C24H31ClN2O3/c1-18(2)16-29-17-22(28)14-27(13-19-7-6-10-21(25)11-19)15-23-12-24(26-30-23)20-8-4-3-5-9-20/h3-11,18,22-23,28H,12-17H2,1-2H3/t22-,23-/m0/s1. The van der Waals surface area contributed by atoms with Gasteiger partial charge in [-0.25, -0.2) is 0 Å². The van der Waals surface area contributed by atoms with E-state index in [2.05, 4.69) is 23.9 Å². The van der Waals surface area contributed by atoms with E-state index in [9.17, 15) is 5.11 Å². The van der Waals surface area contributed by atoms with Gasteiger partial charge in [-0.15, -0.1) is 0 Å². The number of halogens is 1. The number of benzene rings is 2. The molecular formula is C24H31ClN2O3. The first kappa shape index (κ1) is 22.8. The largest absolute Gasteiger partial charge is 0.390 e. The van der Waals surface area contributed by atoms with Crippen LogP contribution in [0.5, 0.6) is 0 Å². The van der Waals surface area contributed by atoms with Crippen molar-refractivity contribution in [1.29, 1.82) is 0 Å². The van der Waals surface area contributed by atoms with Crippen molar-refractivity contribution < 1.29 is 14.7 Å². The van der Waals surface area contributed by atoms with Gasteiger partial charge in [-0.2, -0.15) is 0 Å². The summed E-state index contributed by atoms with van der Waals surface area (Å²) in [6.07, 6.45) is 0.123. The zero-order valence-electron chi connectivity index (χ0n) is 17.7. The molecule has 0 fully saturated rings. The smallest absolute Gasteiger partial charge is 0.145 e. The summed E-state index contributed by atoms with van der Waals surface area (Å²) in [6, 6.07) is 17.9. The second kappa shape index (κ2) is 11.5. The Morgan fingerprint density at radius 2 is 1.97 bits per heavy atom. The van der Waals surface area contributed by atoms with Crippen LogP contribution in [0.15, 0.2) is 59.8 Å². The van der Waals surface area contributed by atoms with Crippen molar-refractivity contribution in [3.05, 3.63) is 70.7 Å². The van der Waals surface area contributed by atoms with Gasteiger partial charge in [-0.1, -0.05) is 73.1 Å². The minimum Gasteiger partial charge on any atom is -0.390 e. The van der Waals surface area contributed by atoms with Crippen LogP contribution < -0.4 is 0 Å². The molecule has 30 heavy (non-hydrogen) atoms. The van der Waals surface area contributed by atoms with Crippen LogP contribution in [-0.4, -0.2) is 54.2 Å². The predicted octanol–water partition coefficient (Wildman–Crippen LogP) is 4.37. The molecule has 6 heteroatoms. The molecule has 0 spiro atoms. The van der Waals surface area contributed by atoms with Gasteiger partial charge in [0, 0.05) is 37.7 Å².